The Morgan fingerprint density at radius 3 is 2.56 bits per heavy atom. The molecule has 0 unspecified atom stereocenters. The van der Waals surface area contributed by atoms with Crippen molar-refractivity contribution in [3.63, 3.8) is 0 Å². The van der Waals surface area contributed by atoms with Gasteiger partial charge in [0.25, 0.3) is 5.91 Å². The summed E-state index contributed by atoms with van der Waals surface area (Å²) in [4.78, 5) is 21.3. The molecule has 1 fully saturated rings. The van der Waals surface area contributed by atoms with Gasteiger partial charge in [0.2, 0.25) is 0 Å². The summed E-state index contributed by atoms with van der Waals surface area (Å²) in [6.45, 7) is 5.18. The van der Waals surface area contributed by atoms with E-state index in [2.05, 4.69) is 19.5 Å². The third-order valence-electron chi connectivity index (χ3n) is 5.06. The van der Waals surface area contributed by atoms with E-state index in [0.29, 0.717) is 5.69 Å². The summed E-state index contributed by atoms with van der Waals surface area (Å²) in [6, 6.07) is 11.8. The van der Waals surface area contributed by atoms with Crippen LogP contribution < -0.4 is 0 Å². The van der Waals surface area contributed by atoms with Crippen LogP contribution in [0, 0.1) is 0 Å². The van der Waals surface area contributed by atoms with Crippen molar-refractivity contribution >= 4 is 5.91 Å². The van der Waals surface area contributed by atoms with Gasteiger partial charge in [-0.3, -0.25) is 14.4 Å². The lowest BCUT2D eigenvalue weighted by Gasteiger charge is -2.34. The monoisotopic (exact) mass is 364 g/mol. The van der Waals surface area contributed by atoms with Crippen LogP contribution in [-0.2, 0) is 13.6 Å². The highest BCUT2D eigenvalue weighted by Gasteiger charge is 2.24. The number of carbonyl (C=O) groups is 1. The number of aryl methyl sites for hydroxylation is 1. The third-order valence-corrected chi connectivity index (χ3v) is 5.06. The molecule has 27 heavy (non-hydrogen) atoms. The molecular formula is C20H24N6O. The van der Waals surface area contributed by atoms with Gasteiger partial charge >= 0.3 is 0 Å². The van der Waals surface area contributed by atoms with Crippen molar-refractivity contribution in [3.05, 3.63) is 60.8 Å². The number of benzene rings is 1. The molecule has 1 aromatic carbocycles. The highest BCUT2D eigenvalue weighted by Crippen LogP contribution is 2.19. The van der Waals surface area contributed by atoms with E-state index in [9.17, 15) is 4.79 Å². The molecule has 7 heteroatoms. The van der Waals surface area contributed by atoms with E-state index in [0.717, 1.165) is 50.5 Å². The standard InChI is InChI=1S/C20H24N6O/c1-23-19(15-18(22-23)17-5-3-2-4-6-17)20(27)26-13-11-24(12-14-26)9-10-25-8-7-21-16-25/h2-8,15-16H,9-14H2,1H3. The largest absolute Gasteiger partial charge is 0.336 e. The first-order chi connectivity index (χ1) is 13.2. The molecule has 1 amide bonds. The Hall–Kier alpha value is -2.93. The van der Waals surface area contributed by atoms with E-state index < -0.39 is 0 Å². The van der Waals surface area contributed by atoms with Crippen molar-refractivity contribution in [3.8, 4) is 11.3 Å². The lowest BCUT2D eigenvalue weighted by molar-refractivity contribution is 0.0622. The van der Waals surface area contributed by atoms with Gasteiger partial charge < -0.3 is 9.47 Å². The number of hydrogen-bond acceptors (Lipinski definition) is 4. The number of hydrogen-bond donors (Lipinski definition) is 0. The second-order valence-electron chi connectivity index (χ2n) is 6.84. The fourth-order valence-electron chi connectivity index (χ4n) is 3.43. The predicted octanol–water partition coefficient (Wildman–Crippen LogP) is 1.74. The molecule has 1 aliphatic rings. The molecule has 3 aromatic rings. The van der Waals surface area contributed by atoms with Crippen LogP contribution in [0.2, 0.25) is 0 Å². The summed E-state index contributed by atoms with van der Waals surface area (Å²) in [6.07, 6.45) is 5.62. The third kappa shape index (κ3) is 3.93. The molecule has 7 nitrogen and oxygen atoms in total. The minimum Gasteiger partial charge on any atom is -0.336 e. The molecule has 0 N–H and O–H groups in total. The molecule has 1 aliphatic heterocycles. The maximum absolute atomic E-state index is 13.0. The van der Waals surface area contributed by atoms with Gasteiger partial charge in [0.1, 0.15) is 5.69 Å². The maximum Gasteiger partial charge on any atom is 0.272 e. The average molecular weight is 364 g/mol. The smallest absolute Gasteiger partial charge is 0.272 e. The van der Waals surface area contributed by atoms with Gasteiger partial charge in [0, 0.05) is 64.3 Å². The zero-order valence-corrected chi connectivity index (χ0v) is 15.5. The Morgan fingerprint density at radius 1 is 1.07 bits per heavy atom. The predicted molar refractivity (Wildman–Crippen MR) is 103 cm³/mol. The molecule has 0 saturated carbocycles. The summed E-state index contributed by atoms with van der Waals surface area (Å²) in [5, 5.41) is 4.52. The van der Waals surface area contributed by atoms with Crippen LogP contribution in [0.25, 0.3) is 11.3 Å². The second-order valence-corrected chi connectivity index (χ2v) is 6.84. The van der Waals surface area contributed by atoms with E-state index in [1.807, 2.05) is 60.9 Å². The molecule has 2 aromatic heterocycles. The van der Waals surface area contributed by atoms with Crippen molar-refractivity contribution in [2.75, 3.05) is 32.7 Å². The number of carbonyl (C=O) groups excluding carboxylic acids is 1. The number of aromatic nitrogens is 4. The molecule has 140 valence electrons. The molecule has 0 bridgehead atoms. The molecule has 0 spiro atoms. The molecule has 3 heterocycles. The Kier molecular flexibility index (Phi) is 5.02. The fourth-order valence-corrected chi connectivity index (χ4v) is 3.43. The molecule has 0 radical (unpaired) electrons. The van der Waals surface area contributed by atoms with E-state index in [4.69, 9.17) is 0 Å². The van der Waals surface area contributed by atoms with Crippen LogP contribution in [0.1, 0.15) is 10.5 Å². The van der Waals surface area contributed by atoms with Crippen LogP contribution in [-0.4, -0.2) is 67.8 Å². The molecule has 0 aliphatic carbocycles. The average Bonchev–Trinajstić information content (AvgIpc) is 3.37. The van der Waals surface area contributed by atoms with E-state index >= 15 is 0 Å². The van der Waals surface area contributed by atoms with Gasteiger partial charge in [0.05, 0.1) is 12.0 Å². The topological polar surface area (TPSA) is 59.2 Å². The van der Waals surface area contributed by atoms with Gasteiger partial charge in [-0.1, -0.05) is 30.3 Å². The van der Waals surface area contributed by atoms with Crippen LogP contribution in [0.4, 0.5) is 0 Å². The van der Waals surface area contributed by atoms with Gasteiger partial charge in [-0.25, -0.2) is 4.98 Å². The summed E-state index contributed by atoms with van der Waals surface area (Å²) in [5.74, 6) is 0.0569. The summed E-state index contributed by atoms with van der Waals surface area (Å²) >= 11 is 0. The normalized spacial score (nSPS) is 15.2. The zero-order valence-electron chi connectivity index (χ0n) is 15.5. The minimum absolute atomic E-state index is 0.0569. The van der Waals surface area contributed by atoms with Crippen molar-refractivity contribution in [1.82, 2.24) is 29.1 Å². The quantitative estimate of drug-likeness (QED) is 0.692. The summed E-state index contributed by atoms with van der Waals surface area (Å²) in [7, 11) is 1.83. The molecule has 4 rings (SSSR count). The van der Waals surface area contributed by atoms with Gasteiger partial charge in [0.15, 0.2) is 0 Å². The first-order valence-corrected chi connectivity index (χ1v) is 9.27. The van der Waals surface area contributed by atoms with Crippen LogP contribution in [0.15, 0.2) is 55.1 Å². The minimum atomic E-state index is 0.0569. The highest BCUT2D eigenvalue weighted by molar-refractivity contribution is 5.93. The number of amides is 1. The van der Waals surface area contributed by atoms with Crippen molar-refractivity contribution in [2.24, 2.45) is 7.05 Å². The Labute approximate surface area is 158 Å². The van der Waals surface area contributed by atoms with Crippen LogP contribution in [0.5, 0.6) is 0 Å². The number of nitrogens with zero attached hydrogens (tertiary/aromatic N) is 6. The molecule has 1 saturated heterocycles. The van der Waals surface area contributed by atoms with Gasteiger partial charge in [-0.15, -0.1) is 0 Å². The number of imidazole rings is 1. The van der Waals surface area contributed by atoms with Crippen LogP contribution >= 0.6 is 0 Å². The number of rotatable bonds is 5. The van der Waals surface area contributed by atoms with Gasteiger partial charge in [-0.2, -0.15) is 5.10 Å². The van der Waals surface area contributed by atoms with Crippen molar-refractivity contribution in [1.29, 1.82) is 0 Å². The van der Waals surface area contributed by atoms with Crippen molar-refractivity contribution < 1.29 is 4.79 Å². The van der Waals surface area contributed by atoms with Gasteiger partial charge in [-0.05, 0) is 6.07 Å². The Bertz CT molecular complexity index is 879. The second kappa shape index (κ2) is 7.75. The first-order valence-electron chi connectivity index (χ1n) is 9.27. The highest BCUT2D eigenvalue weighted by atomic mass is 16.2. The van der Waals surface area contributed by atoms with Crippen molar-refractivity contribution in [2.45, 2.75) is 6.54 Å². The van der Waals surface area contributed by atoms with E-state index in [1.165, 1.54) is 0 Å². The lowest BCUT2D eigenvalue weighted by atomic mass is 10.1. The van der Waals surface area contributed by atoms with E-state index in [-0.39, 0.29) is 5.91 Å². The van der Waals surface area contributed by atoms with E-state index in [1.54, 1.807) is 10.9 Å². The molecule has 0 atom stereocenters. The molecular weight excluding hydrogens is 340 g/mol. The fraction of sp³-hybridized carbons (Fsp3) is 0.350. The maximum atomic E-state index is 13.0. The summed E-state index contributed by atoms with van der Waals surface area (Å²) in [5.41, 5.74) is 2.50. The first kappa shape index (κ1) is 17.5. The Morgan fingerprint density at radius 2 is 1.85 bits per heavy atom. The zero-order chi connectivity index (χ0) is 18.6. The number of piperazine rings is 1. The Balaban J connectivity index is 1.36. The SMILES string of the molecule is Cn1nc(-c2ccccc2)cc1C(=O)N1CCN(CCn2ccnc2)CC1. The summed E-state index contributed by atoms with van der Waals surface area (Å²) < 4.78 is 3.77. The van der Waals surface area contributed by atoms with Crippen LogP contribution in [0.3, 0.4) is 0 Å². The lowest BCUT2D eigenvalue weighted by Crippen LogP contribution is -2.49.